The van der Waals surface area contributed by atoms with Gasteiger partial charge >= 0.3 is 0 Å². The van der Waals surface area contributed by atoms with Crippen LogP contribution in [0, 0.1) is 0 Å². The summed E-state index contributed by atoms with van der Waals surface area (Å²) in [5.74, 6) is 1.67. The van der Waals surface area contributed by atoms with Crippen molar-refractivity contribution in [3.05, 3.63) is 85.0 Å². The van der Waals surface area contributed by atoms with Gasteiger partial charge in [0.25, 0.3) is 0 Å². The Hall–Kier alpha value is -3.27. The van der Waals surface area contributed by atoms with Crippen molar-refractivity contribution in [1.29, 1.82) is 0 Å². The first kappa shape index (κ1) is 18.1. The van der Waals surface area contributed by atoms with Crippen molar-refractivity contribution in [1.82, 2.24) is 14.8 Å². The average molecular weight is 369 g/mol. The van der Waals surface area contributed by atoms with E-state index in [1.54, 1.807) is 0 Å². The van der Waals surface area contributed by atoms with E-state index in [0.29, 0.717) is 25.1 Å². The number of ketones is 1. The van der Waals surface area contributed by atoms with Crippen molar-refractivity contribution in [3.8, 4) is 22.8 Å². The van der Waals surface area contributed by atoms with Crippen LogP contribution in [0.15, 0.2) is 85.0 Å². The fourth-order valence-electron chi connectivity index (χ4n) is 3.59. The van der Waals surface area contributed by atoms with Crippen LogP contribution in [0.1, 0.15) is 26.2 Å². The number of hydrogen-bond acceptors (Lipinski definition) is 3. The topological polar surface area (TPSA) is 47.8 Å². The molecule has 0 saturated heterocycles. The number of rotatable bonds is 6. The van der Waals surface area contributed by atoms with Crippen molar-refractivity contribution in [2.75, 3.05) is 0 Å². The van der Waals surface area contributed by atoms with Gasteiger partial charge in [0.2, 0.25) is 0 Å². The van der Waals surface area contributed by atoms with E-state index in [1.165, 1.54) is 0 Å². The van der Waals surface area contributed by atoms with Gasteiger partial charge in [0.15, 0.2) is 11.6 Å². The number of carbonyl (C=O) groups is 1. The molecule has 1 atom stereocenters. The molecular formula is C24H23N3O. The number of aromatic nitrogens is 3. The molecule has 0 radical (unpaired) electrons. The van der Waals surface area contributed by atoms with Crippen LogP contribution >= 0.6 is 0 Å². The number of nitrogens with zero attached hydrogens (tertiary/aromatic N) is 3. The smallest absolute Gasteiger partial charge is 0.181 e. The summed E-state index contributed by atoms with van der Waals surface area (Å²) in [5.41, 5.74) is 1.42. The summed E-state index contributed by atoms with van der Waals surface area (Å²) in [7, 11) is 0. The molecule has 0 amide bonds. The molecule has 0 saturated carbocycles. The molecule has 4 nitrogen and oxygen atoms in total. The molecule has 28 heavy (non-hydrogen) atoms. The second-order valence-corrected chi connectivity index (χ2v) is 7.07. The molecular weight excluding hydrogens is 346 g/mol. The van der Waals surface area contributed by atoms with E-state index in [1.807, 2.05) is 84.4 Å². The highest BCUT2D eigenvalue weighted by Crippen LogP contribution is 2.36. The van der Waals surface area contributed by atoms with Crippen LogP contribution in [-0.2, 0) is 10.3 Å². The SMILES string of the molecule is CCC(=O)CC1(n2nc(-c3ccccc3)nc2-c2ccccc2)C=CC=CC1. The first-order valence-corrected chi connectivity index (χ1v) is 9.66. The first-order valence-electron chi connectivity index (χ1n) is 9.66. The minimum atomic E-state index is -0.535. The summed E-state index contributed by atoms with van der Waals surface area (Å²) in [6.07, 6.45) is 9.85. The molecule has 0 aliphatic heterocycles. The number of allylic oxidation sites excluding steroid dienone is 4. The highest BCUT2D eigenvalue weighted by Gasteiger charge is 2.35. The Kier molecular flexibility index (Phi) is 5.02. The summed E-state index contributed by atoms with van der Waals surface area (Å²) in [6.45, 7) is 1.91. The zero-order valence-electron chi connectivity index (χ0n) is 16.0. The van der Waals surface area contributed by atoms with Gasteiger partial charge in [-0.3, -0.25) is 4.79 Å². The van der Waals surface area contributed by atoms with E-state index in [4.69, 9.17) is 10.1 Å². The largest absolute Gasteiger partial charge is 0.300 e. The number of hydrogen-bond donors (Lipinski definition) is 0. The Morgan fingerprint density at radius 3 is 2.29 bits per heavy atom. The number of benzene rings is 2. The van der Waals surface area contributed by atoms with Gasteiger partial charge in [-0.25, -0.2) is 9.67 Å². The normalized spacial score (nSPS) is 18.3. The second kappa shape index (κ2) is 7.77. The third-order valence-electron chi connectivity index (χ3n) is 5.12. The van der Waals surface area contributed by atoms with E-state index in [2.05, 4.69) is 12.2 Å². The third kappa shape index (κ3) is 3.46. The van der Waals surface area contributed by atoms with Crippen molar-refractivity contribution in [2.24, 2.45) is 0 Å². The molecule has 4 rings (SSSR count). The lowest BCUT2D eigenvalue weighted by Gasteiger charge is -2.32. The van der Waals surface area contributed by atoms with Crippen molar-refractivity contribution in [2.45, 2.75) is 31.7 Å². The summed E-state index contributed by atoms with van der Waals surface area (Å²) >= 11 is 0. The highest BCUT2D eigenvalue weighted by molar-refractivity contribution is 5.79. The molecule has 1 heterocycles. The lowest BCUT2D eigenvalue weighted by Crippen LogP contribution is -2.36. The van der Waals surface area contributed by atoms with Crippen LogP contribution in [0.3, 0.4) is 0 Å². The van der Waals surface area contributed by atoms with Crippen molar-refractivity contribution in [3.63, 3.8) is 0 Å². The summed E-state index contributed by atoms with van der Waals surface area (Å²) in [4.78, 5) is 17.4. The zero-order valence-corrected chi connectivity index (χ0v) is 16.0. The van der Waals surface area contributed by atoms with Crippen LogP contribution in [0.2, 0.25) is 0 Å². The lowest BCUT2D eigenvalue weighted by atomic mass is 9.85. The van der Waals surface area contributed by atoms with Crippen molar-refractivity contribution < 1.29 is 4.79 Å². The molecule has 2 aromatic carbocycles. The number of carbonyl (C=O) groups excluding carboxylic acids is 1. The van der Waals surface area contributed by atoms with Gasteiger partial charge in [0, 0.05) is 24.0 Å². The first-order chi connectivity index (χ1) is 13.7. The molecule has 1 aliphatic rings. The minimum Gasteiger partial charge on any atom is -0.300 e. The van der Waals surface area contributed by atoms with Gasteiger partial charge < -0.3 is 0 Å². The molecule has 0 spiro atoms. The monoisotopic (exact) mass is 369 g/mol. The Morgan fingerprint density at radius 1 is 1.00 bits per heavy atom. The molecule has 0 N–H and O–H groups in total. The van der Waals surface area contributed by atoms with E-state index in [-0.39, 0.29) is 5.78 Å². The van der Waals surface area contributed by atoms with Gasteiger partial charge in [-0.05, 0) is 6.42 Å². The van der Waals surface area contributed by atoms with E-state index in [9.17, 15) is 4.79 Å². The third-order valence-corrected chi connectivity index (χ3v) is 5.12. The molecule has 1 unspecified atom stereocenters. The fraction of sp³-hybridized carbons (Fsp3) is 0.208. The van der Waals surface area contributed by atoms with E-state index < -0.39 is 5.54 Å². The second-order valence-electron chi connectivity index (χ2n) is 7.07. The Bertz CT molecular complexity index is 1020. The zero-order chi connectivity index (χ0) is 19.4. The molecule has 0 fully saturated rings. The maximum absolute atomic E-state index is 12.5. The summed E-state index contributed by atoms with van der Waals surface area (Å²) in [6, 6.07) is 20.0. The fourth-order valence-corrected chi connectivity index (χ4v) is 3.59. The Balaban J connectivity index is 1.90. The standard InChI is InChI=1S/C24H23N3O/c1-2-21(28)18-24(16-10-5-11-17-24)27-23(20-14-8-4-9-15-20)25-22(26-27)19-12-6-3-7-13-19/h3-16H,2,17-18H2,1H3. The maximum atomic E-state index is 12.5. The minimum absolute atomic E-state index is 0.218. The maximum Gasteiger partial charge on any atom is 0.181 e. The molecule has 3 aromatic rings. The Labute approximate surface area is 165 Å². The van der Waals surface area contributed by atoms with Crippen LogP contribution in [-0.4, -0.2) is 20.5 Å². The average Bonchev–Trinajstić information content (AvgIpc) is 3.22. The number of Topliss-reactive ketones (excluding diaryl/α,β-unsaturated/α-hetero) is 1. The summed E-state index contributed by atoms with van der Waals surface area (Å²) in [5, 5.41) is 4.91. The van der Waals surface area contributed by atoms with Crippen LogP contribution in [0.25, 0.3) is 22.8 Å². The predicted molar refractivity (Wildman–Crippen MR) is 112 cm³/mol. The lowest BCUT2D eigenvalue weighted by molar-refractivity contribution is -0.120. The predicted octanol–water partition coefficient (Wildman–Crippen LogP) is 5.19. The van der Waals surface area contributed by atoms with Crippen molar-refractivity contribution >= 4 is 5.78 Å². The van der Waals surface area contributed by atoms with Crippen LogP contribution < -0.4 is 0 Å². The molecule has 4 heteroatoms. The van der Waals surface area contributed by atoms with Gasteiger partial charge in [-0.2, -0.15) is 0 Å². The molecule has 1 aliphatic carbocycles. The summed E-state index contributed by atoms with van der Waals surface area (Å²) < 4.78 is 1.96. The molecule has 0 bridgehead atoms. The molecule has 1 aromatic heterocycles. The quantitative estimate of drug-likeness (QED) is 0.600. The Morgan fingerprint density at radius 2 is 1.68 bits per heavy atom. The van der Waals surface area contributed by atoms with E-state index >= 15 is 0 Å². The van der Waals surface area contributed by atoms with E-state index in [0.717, 1.165) is 17.0 Å². The van der Waals surface area contributed by atoms with Gasteiger partial charge in [0.1, 0.15) is 5.78 Å². The van der Waals surface area contributed by atoms with Crippen LogP contribution in [0.5, 0.6) is 0 Å². The van der Waals surface area contributed by atoms with Gasteiger partial charge in [-0.15, -0.1) is 5.10 Å². The van der Waals surface area contributed by atoms with Gasteiger partial charge in [-0.1, -0.05) is 91.9 Å². The van der Waals surface area contributed by atoms with Crippen LogP contribution in [0.4, 0.5) is 0 Å². The van der Waals surface area contributed by atoms with Gasteiger partial charge in [0.05, 0.1) is 5.54 Å². The highest BCUT2D eigenvalue weighted by atomic mass is 16.1. The molecule has 140 valence electrons.